The summed E-state index contributed by atoms with van der Waals surface area (Å²) in [5.74, 6) is 2.08. The number of hydrogen-bond donors (Lipinski definition) is 0. The van der Waals surface area contributed by atoms with Gasteiger partial charge in [-0.2, -0.15) is 0 Å². The molecule has 1 unspecified atom stereocenters. The number of furan rings is 1. The summed E-state index contributed by atoms with van der Waals surface area (Å²) in [5.41, 5.74) is 1.53. The summed E-state index contributed by atoms with van der Waals surface area (Å²) in [6.07, 6.45) is 6.98. The summed E-state index contributed by atoms with van der Waals surface area (Å²) in [4.78, 5) is 2.38. The zero-order chi connectivity index (χ0) is 18.0. The highest BCUT2D eigenvalue weighted by Gasteiger charge is 2.46. The van der Waals surface area contributed by atoms with E-state index in [9.17, 15) is 0 Å². The molecule has 0 amide bonds. The van der Waals surface area contributed by atoms with Gasteiger partial charge in [0.1, 0.15) is 11.5 Å². The molecule has 1 aliphatic carbocycles. The third kappa shape index (κ3) is 3.92. The second-order valence-corrected chi connectivity index (χ2v) is 8.34. The van der Waals surface area contributed by atoms with Crippen LogP contribution in [0.15, 0.2) is 34.7 Å². The smallest absolute Gasteiger partial charge is 0.104 e. The van der Waals surface area contributed by atoms with Crippen molar-refractivity contribution in [3.63, 3.8) is 0 Å². The fourth-order valence-electron chi connectivity index (χ4n) is 4.30. The van der Waals surface area contributed by atoms with Gasteiger partial charge in [0.05, 0.1) is 10.0 Å². The second-order valence-electron chi connectivity index (χ2n) is 7.52. The van der Waals surface area contributed by atoms with Gasteiger partial charge in [-0.05, 0) is 76.5 Å². The highest BCUT2D eigenvalue weighted by atomic mass is 35.5. The lowest BCUT2D eigenvalue weighted by Gasteiger charge is -2.51. The van der Waals surface area contributed by atoms with Gasteiger partial charge in [0, 0.05) is 17.9 Å². The molecule has 0 saturated heterocycles. The summed E-state index contributed by atoms with van der Waals surface area (Å²) in [6.45, 7) is 2.00. The lowest BCUT2D eigenvalue weighted by atomic mass is 9.59. The van der Waals surface area contributed by atoms with E-state index in [0.29, 0.717) is 16.1 Å². The molecule has 0 N–H and O–H groups in total. The highest BCUT2D eigenvalue weighted by molar-refractivity contribution is 6.42. The number of nitrogens with zero attached hydrogens (tertiary/aromatic N) is 1. The van der Waals surface area contributed by atoms with Crippen LogP contribution >= 0.6 is 23.2 Å². The zero-order valence-electron chi connectivity index (χ0n) is 15.3. The van der Waals surface area contributed by atoms with Crippen LogP contribution in [-0.2, 0) is 11.8 Å². The first kappa shape index (κ1) is 18.8. The molecule has 3 rings (SSSR count). The fourth-order valence-corrected chi connectivity index (χ4v) is 4.59. The summed E-state index contributed by atoms with van der Waals surface area (Å²) < 4.78 is 5.72. The number of halogens is 2. The lowest BCUT2D eigenvalue weighted by Crippen LogP contribution is -2.52. The van der Waals surface area contributed by atoms with Crippen molar-refractivity contribution < 1.29 is 4.42 Å². The van der Waals surface area contributed by atoms with E-state index in [4.69, 9.17) is 27.6 Å². The molecule has 1 fully saturated rings. The molecule has 1 atom stereocenters. The van der Waals surface area contributed by atoms with Crippen molar-refractivity contribution in [2.75, 3.05) is 14.1 Å². The Morgan fingerprint density at radius 1 is 1.12 bits per heavy atom. The van der Waals surface area contributed by atoms with Crippen LogP contribution in [0.2, 0.25) is 10.0 Å². The van der Waals surface area contributed by atoms with E-state index >= 15 is 0 Å². The van der Waals surface area contributed by atoms with Crippen LogP contribution in [0.5, 0.6) is 0 Å². The number of benzene rings is 1. The van der Waals surface area contributed by atoms with Crippen molar-refractivity contribution >= 4 is 23.2 Å². The van der Waals surface area contributed by atoms with Crippen molar-refractivity contribution in [2.24, 2.45) is 0 Å². The first-order chi connectivity index (χ1) is 11.9. The molecule has 1 saturated carbocycles. The van der Waals surface area contributed by atoms with Gasteiger partial charge >= 0.3 is 0 Å². The van der Waals surface area contributed by atoms with Gasteiger partial charge in [-0.1, -0.05) is 35.7 Å². The van der Waals surface area contributed by atoms with Gasteiger partial charge < -0.3 is 9.32 Å². The Labute approximate surface area is 161 Å². The fraction of sp³-hybridized carbons (Fsp3) is 0.524. The Bertz CT molecular complexity index is 718. The average Bonchev–Trinajstić information content (AvgIpc) is 2.93. The van der Waals surface area contributed by atoms with Crippen LogP contribution in [0.1, 0.15) is 49.2 Å². The van der Waals surface area contributed by atoms with E-state index in [1.165, 1.54) is 24.8 Å². The SMILES string of the molecule is Cc1ccc(CCCC(N(C)C)C2(c3ccc(Cl)c(Cl)c3)CCC2)o1. The molecule has 25 heavy (non-hydrogen) atoms. The van der Waals surface area contributed by atoms with E-state index in [2.05, 4.69) is 37.2 Å². The number of aryl methyl sites for hydroxylation is 2. The molecule has 1 aromatic heterocycles. The third-order valence-electron chi connectivity index (χ3n) is 5.70. The third-order valence-corrected chi connectivity index (χ3v) is 6.44. The van der Waals surface area contributed by atoms with Crippen LogP contribution in [0.3, 0.4) is 0 Å². The van der Waals surface area contributed by atoms with E-state index in [1.807, 2.05) is 19.1 Å². The molecule has 0 radical (unpaired) electrons. The zero-order valence-corrected chi connectivity index (χ0v) is 16.8. The first-order valence-corrected chi connectivity index (χ1v) is 9.85. The van der Waals surface area contributed by atoms with E-state index < -0.39 is 0 Å². The van der Waals surface area contributed by atoms with Gasteiger partial charge in [-0.3, -0.25) is 0 Å². The number of rotatable bonds is 7. The van der Waals surface area contributed by atoms with Gasteiger partial charge in [-0.25, -0.2) is 0 Å². The molecule has 4 heteroatoms. The molecule has 1 heterocycles. The molecule has 1 aliphatic rings. The molecule has 136 valence electrons. The van der Waals surface area contributed by atoms with Crippen molar-refractivity contribution in [2.45, 2.75) is 56.9 Å². The molecular formula is C21H27Cl2NO. The van der Waals surface area contributed by atoms with E-state index in [1.54, 1.807) is 0 Å². The van der Waals surface area contributed by atoms with Crippen molar-refractivity contribution in [3.8, 4) is 0 Å². The van der Waals surface area contributed by atoms with Crippen LogP contribution in [0.25, 0.3) is 0 Å². The molecule has 1 aromatic carbocycles. The normalized spacial score (nSPS) is 17.5. The molecule has 0 spiro atoms. The average molecular weight is 380 g/mol. The summed E-state index contributed by atoms with van der Waals surface area (Å²) >= 11 is 12.4. The quantitative estimate of drug-likeness (QED) is 0.563. The number of hydrogen-bond acceptors (Lipinski definition) is 2. The second kappa shape index (κ2) is 7.73. The van der Waals surface area contributed by atoms with Crippen molar-refractivity contribution in [1.29, 1.82) is 0 Å². The topological polar surface area (TPSA) is 16.4 Å². The van der Waals surface area contributed by atoms with E-state index in [0.717, 1.165) is 30.8 Å². The maximum absolute atomic E-state index is 6.31. The largest absolute Gasteiger partial charge is 0.466 e. The Hall–Kier alpha value is -0.960. The monoisotopic (exact) mass is 379 g/mol. The van der Waals surface area contributed by atoms with Crippen LogP contribution < -0.4 is 0 Å². The van der Waals surface area contributed by atoms with Crippen molar-refractivity contribution in [3.05, 3.63) is 57.5 Å². The summed E-state index contributed by atoms with van der Waals surface area (Å²) in [7, 11) is 4.39. The minimum atomic E-state index is 0.191. The van der Waals surface area contributed by atoms with Crippen LogP contribution in [0.4, 0.5) is 0 Å². The highest BCUT2D eigenvalue weighted by Crippen LogP contribution is 2.50. The number of likely N-dealkylation sites (N-methyl/N-ethyl adjacent to an activating group) is 1. The van der Waals surface area contributed by atoms with Crippen LogP contribution in [0, 0.1) is 6.92 Å². The minimum Gasteiger partial charge on any atom is -0.466 e. The standard InChI is InChI=1S/C21H27Cl2NO/c1-15-8-10-17(25-15)6-4-7-20(24(2)3)21(12-5-13-21)16-9-11-18(22)19(23)14-16/h8-11,14,20H,4-7,12-13H2,1-3H3. The van der Waals surface area contributed by atoms with Gasteiger partial charge in [0.15, 0.2) is 0 Å². The lowest BCUT2D eigenvalue weighted by molar-refractivity contribution is 0.0883. The Morgan fingerprint density at radius 3 is 2.40 bits per heavy atom. The Morgan fingerprint density at radius 2 is 1.88 bits per heavy atom. The summed E-state index contributed by atoms with van der Waals surface area (Å²) in [5, 5.41) is 1.29. The van der Waals surface area contributed by atoms with Gasteiger partial charge in [-0.15, -0.1) is 0 Å². The van der Waals surface area contributed by atoms with Gasteiger partial charge in [0.25, 0.3) is 0 Å². The Kier molecular flexibility index (Phi) is 5.82. The maximum Gasteiger partial charge on any atom is 0.104 e. The molecule has 0 aliphatic heterocycles. The minimum absolute atomic E-state index is 0.191. The Balaban J connectivity index is 1.76. The van der Waals surface area contributed by atoms with Crippen molar-refractivity contribution in [1.82, 2.24) is 4.90 Å². The predicted octanol–water partition coefficient (Wildman–Crippen LogP) is 6.27. The van der Waals surface area contributed by atoms with E-state index in [-0.39, 0.29) is 5.41 Å². The predicted molar refractivity (Wildman–Crippen MR) is 106 cm³/mol. The molecule has 2 nitrogen and oxygen atoms in total. The van der Waals surface area contributed by atoms with Crippen LogP contribution in [-0.4, -0.2) is 25.0 Å². The molecule has 2 aromatic rings. The summed E-state index contributed by atoms with van der Waals surface area (Å²) in [6, 6.07) is 10.8. The first-order valence-electron chi connectivity index (χ1n) is 9.10. The molecular weight excluding hydrogens is 353 g/mol. The molecule has 0 bridgehead atoms. The maximum atomic E-state index is 6.31. The van der Waals surface area contributed by atoms with Gasteiger partial charge in [0.2, 0.25) is 0 Å².